The molecule has 24 heavy (non-hydrogen) atoms. The van der Waals surface area contributed by atoms with Crippen LogP contribution < -0.4 is 5.32 Å². The lowest BCUT2D eigenvalue weighted by Crippen LogP contribution is -2.45. The maximum absolute atomic E-state index is 12.4. The van der Waals surface area contributed by atoms with Gasteiger partial charge in [-0.15, -0.1) is 0 Å². The van der Waals surface area contributed by atoms with E-state index in [1.807, 2.05) is 35.2 Å². The van der Waals surface area contributed by atoms with E-state index in [-0.39, 0.29) is 6.03 Å². The topological polar surface area (TPSA) is 45.2 Å². The van der Waals surface area contributed by atoms with Crippen LogP contribution in [0.1, 0.15) is 30.0 Å². The molecule has 5 heteroatoms. The quantitative estimate of drug-likeness (QED) is 0.916. The number of hydrogen-bond donors (Lipinski definition) is 1. The number of nitrogens with zero attached hydrogens (tertiary/aromatic N) is 2. The average Bonchev–Trinajstić information content (AvgIpc) is 2.63. The summed E-state index contributed by atoms with van der Waals surface area (Å²) in [5, 5.41) is 3.76. The summed E-state index contributed by atoms with van der Waals surface area (Å²) in [6.45, 7) is 2.19. The minimum Gasteiger partial charge on any atom is -0.338 e. The first kappa shape index (κ1) is 16.8. The Kier molecular flexibility index (Phi) is 5.70. The molecule has 0 saturated carbocycles. The summed E-state index contributed by atoms with van der Waals surface area (Å²) >= 11 is 5.96. The van der Waals surface area contributed by atoms with Gasteiger partial charge in [-0.1, -0.05) is 29.8 Å². The molecule has 0 spiro atoms. The smallest absolute Gasteiger partial charge is 0.317 e. The molecule has 126 valence electrons. The Morgan fingerprint density at radius 2 is 2.08 bits per heavy atom. The van der Waals surface area contributed by atoms with Gasteiger partial charge in [-0.25, -0.2) is 4.79 Å². The second-order valence-electron chi connectivity index (χ2n) is 6.14. The number of halogens is 1. The first-order valence-electron chi connectivity index (χ1n) is 8.40. The van der Waals surface area contributed by atoms with Crippen LogP contribution >= 0.6 is 11.6 Å². The van der Waals surface area contributed by atoms with Crippen LogP contribution in [0.15, 0.2) is 48.7 Å². The normalized spacial score (nSPS) is 17.5. The molecule has 1 aliphatic rings. The Labute approximate surface area is 147 Å². The molecule has 0 bridgehead atoms. The summed E-state index contributed by atoms with van der Waals surface area (Å²) in [6.07, 6.45) is 4.67. The molecule has 1 aromatic heterocycles. The number of carbonyl (C=O) groups is 1. The van der Waals surface area contributed by atoms with E-state index in [1.165, 1.54) is 5.56 Å². The third kappa shape index (κ3) is 4.48. The molecule has 1 saturated heterocycles. The maximum Gasteiger partial charge on any atom is 0.317 e. The molecule has 1 fully saturated rings. The molecular formula is C19H22ClN3O. The predicted molar refractivity (Wildman–Crippen MR) is 96.3 cm³/mol. The van der Waals surface area contributed by atoms with Gasteiger partial charge in [-0.3, -0.25) is 4.98 Å². The van der Waals surface area contributed by atoms with E-state index in [1.54, 1.807) is 6.20 Å². The van der Waals surface area contributed by atoms with Crippen LogP contribution in [-0.2, 0) is 6.42 Å². The number of amides is 2. The zero-order chi connectivity index (χ0) is 16.8. The first-order valence-corrected chi connectivity index (χ1v) is 8.78. The van der Waals surface area contributed by atoms with Crippen molar-refractivity contribution in [2.45, 2.75) is 25.2 Å². The Hall–Kier alpha value is -2.07. The Balaban J connectivity index is 1.50. The van der Waals surface area contributed by atoms with E-state index < -0.39 is 0 Å². The molecule has 2 aromatic rings. The molecule has 1 N–H and O–H groups in total. The van der Waals surface area contributed by atoms with Gasteiger partial charge < -0.3 is 10.2 Å². The average molecular weight is 344 g/mol. The number of piperidine rings is 1. The van der Waals surface area contributed by atoms with Crippen molar-refractivity contribution in [3.8, 4) is 0 Å². The van der Waals surface area contributed by atoms with Crippen molar-refractivity contribution in [2.24, 2.45) is 0 Å². The standard InChI is InChI=1S/C19H22ClN3O/c20-17-8-6-15(7-9-17)16-4-3-13-23(14-16)19(24)22-12-10-18-5-1-2-11-21-18/h1-2,5-9,11,16H,3-4,10,12-14H2,(H,22,24)/t16-/m1/s1. The van der Waals surface area contributed by atoms with E-state index >= 15 is 0 Å². The molecule has 1 atom stereocenters. The molecule has 1 aromatic carbocycles. The van der Waals surface area contributed by atoms with E-state index in [0.29, 0.717) is 12.5 Å². The summed E-state index contributed by atoms with van der Waals surface area (Å²) in [7, 11) is 0. The fourth-order valence-corrected chi connectivity index (χ4v) is 3.25. The SMILES string of the molecule is O=C(NCCc1ccccn1)N1CCC[C@@H](c2ccc(Cl)cc2)C1. The van der Waals surface area contributed by atoms with Crippen LogP contribution in [0.2, 0.25) is 5.02 Å². The minimum atomic E-state index is 0.0181. The molecule has 2 amide bonds. The minimum absolute atomic E-state index is 0.0181. The number of nitrogens with one attached hydrogen (secondary N) is 1. The van der Waals surface area contributed by atoms with Gasteiger partial charge in [-0.2, -0.15) is 0 Å². The summed E-state index contributed by atoms with van der Waals surface area (Å²) in [6, 6.07) is 13.8. The zero-order valence-corrected chi connectivity index (χ0v) is 14.4. The van der Waals surface area contributed by atoms with Crippen molar-refractivity contribution in [3.05, 3.63) is 64.9 Å². The van der Waals surface area contributed by atoms with Crippen LogP contribution in [-0.4, -0.2) is 35.5 Å². The number of urea groups is 1. The van der Waals surface area contributed by atoms with Crippen LogP contribution in [0.3, 0.4) is 0 Å². The largest absolute Gasteiger partial charge is 0.338 e. The van der Waals surface area contributed by atoms with Crippen LogP contribution in [0.25, 0.3) is 0 Å². The molecule has 0 aliphatic carbocycles. The van der Waals surface area contributed by atoms with Crippen LogP contribution in [0.5, 0.6) is 0 Å². The molecular weight excluding hydrogens is 322 g/mol. The van der Waals surface area contributed by atoms with Crippen LogP contribution in [0, 0.1) is 0 Å². The number of rotatable bonds is 4. The second kappa shape index (κ2) is 8.15. The third-order valence-electron chi connectivity index (χ3n) is 4.43. The molecule has 0 radical (unpaired) electrons. The fraction of sp³-hybridized carbons (Fsp3) is 0.368. The van der Waals surface area contributed by atoms with Crippen molar-refractivity contribution < 1.29 is 4.79 Å². The Morgan fingerprint density at radius 3 is 2.83 bits per heavy atom. The lowest BCUT2D eigenvalue weighted by atomic mass is 9.91. The van der Waals surface area contributed by atoms with Gasteiger partial charge in [0, 0.05) is 48.9 Å². The van der Waals surface area contributed by atoms with E-state index in [4.69, 9.17) is 11.6 Å². The number of likely N-dealkylation sites (tertiary alicyclic amines) is 1. The number of benzene rings is 1. The summed E-state index contributed by atoms with van der Waals surface area (Å²) in [5.41, 5.74) is 2.25. The number of carbonyl (C=O) groups excluding carboxylic acids is 1. The molecule has 4 nitrogen and oxygen atoms in total. The summed E-state index contributed by atoms with van der Waals surface area (Å²) in [5.74, 6) is 0.387. The Bertz CT molecular complexity index is 660. The highest BCUT2D eigenvalue weighted by atomic mass is 35.5. The van der Waals surface area contributed by atoms with Crippen molar-refractivity contribution in [2.75, 3.05) is 19.6 Å². The van der Waals surface area contributed by atoms with Crippen molar-refractivity contribution >= 4 is 17.6 Å². The van der Waals surface area contributed by atoms with E-state index in [0.717, 1.165) is 43.1 Å². The van der Waals surface area contributed by atoms with Crippen LogP contribution in [0.4, 0.5) is 4.79 Å². The lowest BCUT2D eigenvalue weighted by molar-refractivity contribution is 0.180. The number of aromatic nitrogens is 1. The highest BCUT2D eigenvalue weighted by Gasteiger charge is 2.24. The van der Waals surface area contributed by atoms with Crippen molar-refractivity contribution in [1.29, 1.82) is 0 Å². The first-order chi connectivity index (χ1) is 11.7. The van der Waals surface area contributed by atoms with Gasteiger partial charge in [-0.05, 0) is 42.7 Å². The van der Waals surface area contributed by atoms with Gasteiger partial charge in [0.25, 0.3) is 0 Å². The van der Waals surface area contributed by atoms with Crippen molar-refractivity contribution in [3.63, 3.8) is 0 Å². The molecule has 2 heterocycles. The summed E-state index contributed by atoms with van der Waals surface area (Å²) in [4.78, 5) is 18.6. The van der Waals surface area contributed by atoms with Crippen molar-refractivity contribution in [1.82, 2.24) is 15.2 Å². The fourth-order valence-electron chi connectivity index (χ4n) is 3.12. The van der Waals surface area contributed by atoms with Gasteiger partial charge in [0.2, 0.25) is 0 Å². The van der Waals surface area contributed by atoms with Gasteiger partial charge in [0.15, 0.2) is 0 Å². The second-order valence-corrected chi connectivity index (χ2v) is 6.58. The maximum atomic E-state index is 12.4. The predicted octanol–water partition coefficient (Wildman–Crippen LogP) is 3.87. The lowest BCUT2D eigenvalue weighted by Gasteiger charge is -2.33. The third-order valence-corrected chi connectivity index (χ3v) is 4.69. The molecule has 3 rings (SSSR count). The monoisotopic (exact) mass is 343 g/mol. The van der Waals surface area contributed by atoms with E-state index in [9.17, 15) is 4.79 Å². The Morgan fingerprint density at radius 1 is 1.25 bits per heavy atom. The molecule has 0 unspecified atom stereocenters. The van der Waals surface area contributed by atoms with E-state index in [2.05, 4.69) is 22.4 Å². The van der Waals surface area contributed by atoms with Gasteiger partial charge in [0.1, 0.15) is 0 Å². The van der Waals surface area contributed by atoms with Gasteiger partial charge >= 0.3 is 6.03 Å². The zero-order valence-electron chi connectivity index (χ0n) is 13.6. The highest BCUT2D eigenvalue weighted by molar-refractivity contribution is 6.30. The number of pyridine rings is 1. The van der Waals surface area contributed by atoms with Gasteiger partial charge in [0.05, 0.1) is 0 Å². The molecule has 1 aliphatic heterocycles. The summed E-state index contributed by atoms with van der Waals surface area (Å²) < 4.78 is 0. The number of hydrogen-bond acceptors (Lipinski definition) is 2. The highest BCUT2D eigenvalue weighted by Crippen LogP contribution is 2.27.